The van der Waals surface area contributed by atoms with Gasteiger partial charge in [0.15, 0.2) is 16.4 Å². The molecule has 0 bridgehead atoms. The van der Waals surface area contributed by atoms with Gasteiger partial charge in [0.1, 0.15) is 5.82 Å². The van der Waals surface area contributed by atoms with E-state index >= 15 is 0 Å². The number of H-pyrrole nitrogens is 1. The van der Waals surface area contributed by atoms with Crippen molar-refractivity contribution in [2.24, 2.45) is 7.05 Å². The van der Waals surface area contributed by atoms with Crippen LogP contribution < -0.4 is 5.43 Å². The molecular formula is C20H17FN4OS. The van der Waals surface area contributed by atoms with Gasteiger partial charge < -0.3 is 9.55 Å². The number of halogens is 1. The minimum absolute atomic E-state index is 0.197. The molecule has 2 aromatic carbocycles. The highest BCUT2D eigenvalue weighted by molar-refractivity contribution is 7.98. The summed E-state index contributed by atoms with van der Waals surface area (Å²) in [6, 6.07) is 13.8. The summed E-state index contributed by atoms with van der Waals surface area (Å²) >= 11 is 1.48. The van der Waals surface area contributed by atoms with E-state index in [1.54, 1.807) is 6.07 Å². The van der Waals surface area contributed by atoms with E-state index in [0.717, 1.165) is 22.2 Å². The quantitative estimate of drug-likeness (QED) is 0.542. The third-order valence-corrected chi connectivity index (χ3v) is 5.42. The molecule has 0 unspecified atom stereocenters. The predicted molar refractivity (Wildman–Crippen MR) is 105 cm³/mol. The second-order valence-electron chi connectivity index (χ2n) is 6.37. The maximum absolute atomic E-state index is 13.3. The first-order valence-corrected chi connectivity index (χ1v) is 9.40. The largest absolute Gasteiger partial charge is 0.357 e. The van der Waals surface area contributed by atoms with E-state index in [2.05, 4.69) is 15.2 Å². The van der Waals surface area contributed by atoms with Crippen LogP contribution in [0.1, 0.15) is 11.3 Å². The van der Waals surface area contributed by atoms with Gasteiger partial charge in [-0.3, -0.25) is 4.79 Å². The Hall–Kier alpha value is -2.93. The van der Waals surface area contributed by atoms with Crippen molar-refractivity contribution in [2.45, 2.75) is 17.8 Å². The van der Waals surface area contributed by atoms with Gasteiger partial charge in [0.25, 0.3) is 0 Å². The van der Waals surface area contributed by atoms with Crippen LogP contribution in [0, 0.1) is 12.7 Å². The van der Waals surface area contributed by atoms with E-state index in [9.17, 15) is 9.18 Å². The van der Waals surface area contributed by atoms with Crippen LogP contribution in [0.25, 0.3) is 22.3 Å². The van der Waals surface area contributed by atoms with Gasteiger partial charge >= 0.3 is 0 Å². The number of aryl methyl sites for hydroxylation is 1. The third kappa shape index (κ3) is 3.50. The molecule has 5 nitrogen and oxygen atoms in total. The number of hydrogen-bond donors (Lipinski definition) is 1. The zero-order valence-electron chi connectivity index (χ0n) is 14.9. The number of pyridine rings is 1. The highest BCUT2D eigenvalue weighted by Gasteiger charge is 2.12. The van der Waals surface area contributed by atoms with Gasteiger partial charge in [-0.05, 0) is 25.1 Å². The lowest BCUT2D eigenvalue weighted by molar-refractivity contribution is 0.629. The molecule has 2 aromatic heterocycles. The average Bonchev–Trinajstić information content (AvgIpc) is 3.02. The Kier molecular flexibility index (Phi) is 4.53. The summed E-state index contributed by atoms with van der Waals surface area (Å²) in [5.41, 5.74) is 3.37. The SMILES string of the molecule is Cc1ccc(-c2nnc(SCc3cc(=O)c4cc(F)ccc4[nH]3)n2C)cc1. The summed E-state index contributed by atoms with van der Waals surface area (Å²) < 4.78 is 15.3. The number of rotatable bonds is 4. The predicted octanol–water partition coefficient (Wildman–Crippen LogP) is 4.06. The molecule has 0 atom stereocenters. The molecule has 4 rings (SSSR count). The minimum Gasteiger partial charge on any atom is -0.357 e. The van der Waals surface area contributed by atoms with Crippen LogP contribution in [0.5, 0.6) is 0 Å². The molecule has 0 aliphatic rings. The monoisotopic (exact) mass is 380 g/mol. The van der Waals surface area contributed by atoms with Crippen molar-refractivity contribution < 1.29 is 4.39 Å². The number of nitrogens with zero attached hydrogens (tertiary/aromatic N) is 3. The summed E-state index contributed by atoms with van der Waals surface area (Å²) in [6.45, 7) is 2.04. The summed E-state index contributed by atoms with van der Waals surface area (Å²) in [6.07, 6.45) is 0. The summed E-state index contributed by atoms with van der Waals surface area (Å²) in [5, 5.41) is 9.65. The topological polar surface area (TPSA) is 63.6 Å². The Bertz CT molecular complexity index is 1180. The summed E-state index contributed by atoms with van der Waals surface area (Å²) in [5.74, 6) is 0.903. The van der Waals surface area contributed by atoms with Crippen LogP contribution in [-0.4, -0.2) is 19.7 Å². The van der Waals surface area contributed by atoms with Crippen molar-refractivity contribution in [3.8, 4) is 11.4 Å². The van der Waals surface area contributed by atoms with Crippen molar-refractivity contribution in [3.63, 3.8) is 0 Å². The van der Waals surface area contributed by atoms with E-state index in [0.29, 0.717) is 16.7 Å². The first-order chi connectivity index (χ1) is 13.0. The maximum atomic E-state index is 13.3. The molecule has 4 aromatic rings. The summed E-state index contributed by atoms with van der Waals surface area (Å²) in [7, 11) is 1.92. The van der Waals surface area contributed by atoms with Gasteiger partial charge in [0, 0.05) is 41.0 Å². The first kappa shape index (κ1) is 17.5. The lowest BCUT2D eigenvalue weighted by Gasteiger charge is -2.06. The number of aromatic nitrogens is 4. The molecule has 0 aliphatic heterocycles. The number of thioether (sulfide) groups is 1. The molecule has 0 saturated carbocycles. The van der Waals surface area contributed by atoms with E-state index in [-0.39, 0.29) is 5.43 Å². The Morgan fingerprint density at radius 1 is 1.11 bits per heavy atom. The smallest absolute Gasteiger partial charge is 0.191 e. The van der Waals surface area contributed by atoms with Gasteiger partial charge in [-0.15, -0.1) is 10.2 Å². The van der Waals surface area contributed by atoms with Gasteiger partial charge in [-0.25, -0.2) is 4.39 Å². The van der Waals surface area contributed by atoms with Gasteiger partial charge in [-0.1, -0.05) is 41.6 Å². The van der Waals surface area contributed by atoms with Crippen LogP contribution in [0.2, 0.25) is 0 Å². The Labute approximate surface area is 159 Å². The lowest BCUT2D eigenvalue weighted by Crippen LogP contribution is -2.05. The van der Waals surface area contributed by atoms with E-state index in [1.165, 1.54) is 35.5 Å². The number of hydrogen-bond acceptors (Lipinski definition) is 4. The third-order valence-electron chi connectivity index (χ3n) is 4.35. The molecule has 136 valence electrons. The fraction of sp³-hybridized carbons (Fsp3) is 0.150. The van der Waals surface area contributed by atoms with Crippen molar-refractivity contribution in [3.05, 3.63) is 75.8 Å². The van der Waals surface area contributed by atoms with Crippen LogP contribution in [-0.2, 0) is 12.8 Å². The van der Waals surface area contributed by atoms with Gasteiger partial charge in [0.05, 0.1) is 0 Å². The Morgan fingerprint density at radius 3 is 2.67 bits per heavy atom. The molecule has 0 spiro atoms. The average molecular weight is 380 g/mol. The highest BCUT2D eigenvalue weighted by Crippen LogP contribution is 2.25. The van der Waals surface area contributed by atoms with E-state index in [4.69, 9.17) is 0 Å². The minimum atomic E-state index is -0.419. The van der Waals surface area contributed by atoms with Crippen LogP contribution in [0.15, 0.2) is 58.5 Å². The molecule has 0 saturated heterocycles. The summed E-state index contributed by atoms with van der Waals surface area (Å²) in [4.78, 5) is 15.4. The number of fused-ring (bicyclic) bond motifs is 1. The molecule has 27 heavy (non-hydrogen) atoms. The molecule has 7 heteroatoms. The van der Waals surface area contributed by atoms with Crippen molar-refractivity contribution >= 4 is 22.7 Å². The van der Waals surface area contributed by atoms with Gasteiger partial charge in [0.2, 0.25) is 0 Å². The molecule has 2 heterocycles. The van der Waals surface area contributed by atoms with E-state index in [1.807, 2.05) is 42.8 Å². The standard InChI is InChI=1S/C20H17FN4OS/c1-12-3-5-13(6-4-12)19-23-24-20(25(19)2)27-11-15-10-18(26)16-9-14(21)7-8-17(16)22-15/h3-10H,11H2,1-2H3,(H,22,26). The Balaban J connectivity index is 1.57. The van der Waals surface area contributed by atoms with Gasteiger partial charge in [-0.2, -0.15) is 0 Å². The zero-order chi connectivity index (χ0) is 19.0. The molecule has 0 aliphatic carbocycles. The fourth-order valence-electron chi connectivity index (χ4n) is 2.89. The number of aromatic amines is 1. The van der Waals surface area contributed by atoms with Crippen molar-refractivity contribution in [2.75, 3.05) is 0 Å². The van der Waals surface area contributed by atoms with Crippen LogP contribution >= 0.6 is 11.8 Å². The number of benzene rings is 2. The molecule has 0 amide bonds. The lowest BCUT2D eigenvalue weighted by atomic mass is 10.1. The molecular weight excluding hydrogens is 363 g/mol. The normalized spacial score (nSPS) is 11.2. The second kappa shape index (κ2) is 7.00. The molecule has 0 radical (unpaired) electrons. The van der Waals surface area contributed by atoms with Crippen LogP contribution in [0.4, 0.5) is 4.39 Å². The molecule has 1 N–H and O–H groups in total. The molecule has 0 fully saturated rings. The van der Waals surface area contributed by atoms with Crippen molar-refractivity contribution in [1.82, 2.24) is 19.7 Å². The fourth-order valence-corrected chi connectivity index (χ4v) is 3.71. The zero-order valence-corrected chi connectivity index (χ0v) is 15.7. The first-order valence-electron chi connectivity index (χ1n) is 8.42. The van der Waals surface area contributed by atoms with E-state index < -0.39 is 5.82 Å². The number of nitrogens with one attached hydrogen (secondary N) is 1. The van der Waals surface area contributed by atoms with Crippen LogP contribution in [0.3, 0.4) is 0 Å². The second-order valence-corrected chi connectivity index (χ2v) is 7.31. The highest BCUT2D eigenvalue weighted by atomic mass is 32.2. The maximum Gasteiger partial charge on any atom is 0.191 e. The van der Waals surface area contributed by atoms with Crippen molar-refractivity contribution in [1.29, 1.82) is 0 Å². The Morgan fingerprint density at radius 2 is 1.89 bits per heavy atom.